The molecular formula is C19H21ClN2O6S. The van der Waals surface area contributed by atoms with Crippen LogP contribution in [0.25, 0.3) is 5.76 Å². The molecule has 0 amide bonds. The van der Waals surface area contributed by atoms with Crippen molar-refractivity contribution in [2.75, 3.05) is 13.2 Å². The standard InChI is InChI=1S/C19H21ClN2O6S/c20-11-4-3-9(18-17(26)16(25)15(24)13(8-23)28-18)6-10(11)7-14-21-22-19(29-14)12-2-1-5-27-12/h2-4,6,13,15-18,23-26H,1,5,7-8H2/t13-,15-,16+,17-,18+/m1/s1. The number of hydrogen-bond donors (Lipinski definition) is 4. The van der Waals surface area contributed by atoms with Crippen LogP contribution in [-0.4, -0.2) is 68.3 Å². The van der Waals surface area contributed by atoms with Crippen LogP contribution in [0.5, 0.6) is 0 Å². The molecule has 1 saturated heterocycles. The van der Waals surface area contributed by atoms with Crippen molar-refractivity contribution in [2.45, 2.75) is 43.4 Å². The summed E-state index contributed by atoms with van der Waals surface area (Å²) in [4.78, 5) is 0. The Kier molecular flexibility index (Phi) is 6.16. The molecule has 0 unspecified atom stereocenters. The molecule has 1 aromatic carbocycles. The molecular weight excluding hydrogens is 420 g/mol. The lowest BCUT2D eigenvalue weighted by Gasteiger charge is -2.40. The normalized spacial score (nSPS) is 29.6. The lowest BCUT2D eigenvalue weighted by molar-refractivity contribution is -0.231. The van der Waals surface area contributed by atoms with Crippen molar-refractivity contribution in [1.82, 2.24) is 10.2 Å². The van der Waals surface area contributed by atoms with E-state index in [1.54, 1.807) is 18.2 Å². The molecule has 0 spiro atoms. The minimum Gasteiger partial charge on any atom is -0.490 e. The van der Waals surface area contributed by atoms with Gasteiger partial charge in [-0.3, -0.25) is 0 Å². The van der Waals surface area contributed by atoms with Crippen LogP contribution < -0.4 is 0 Å². The highest BCUT2D eigenvalue weighted by Gasteiger charge is 2.44. The first kappa shape index (κ1) is 20.7. The summed E-state index contributed by atoms with van der Waals surface area (Å²) in [6.07, 6.45) is -2.79. The Balaban J connectivity index is 1.56. The summed E-state index contributed by atoms with van der Waals surface area (Å²) in [6, 6.07) is 5.13. The van der Waals surface area contributed by atoms with Gasteiger partial charge in [-0.25, -0.2) is 0 Å². The largest absolute Gasteiger partial charge is 0.490 e. The minimum atomic E-state index is -1.43. The zero-order chi connectivity index (χ0) is 20.5. The Labute approximate surface area is 176 Å². The van der Waals surface area contributed by atoms with Gasteiger partial charge in [0, 0.05) is 17.9 Å². The van der Waals surface area contributed by atoms with E-state index in [9.17, 15) is 20.4 Å². The van der Waals surface area contributed by atoms with Gasteiger partial charge in [0.15, 0.2) is 10.8 Å². The molecule has 1 aromatic heterocycles. The SMILES string of the molecule is OC[C@H]1O[C@@H](c2ccc(Cl)c(Cc3nnc(C4=CCCO4)s3)c2)[C@H](O)[C@@H](O)[C@@H]1O. The smallest absolute Gasteiger partial charge is 0.182 e. The average Bonchev–Trinajstić information content (AvgIpc) is 3.40. The van der Waals surface area contributed by atoms with E-state index >= 15 is 0 Å². The van der Waals surface area contributed by atoms with Crippen molar-refractivity contribution in [2.24, 2.45) is 0 Å². The van der Waals surface area contributed by atoms with Gasteiger partial charge in [0.1, 0.15) is 35.5 Å². The van der Waals surface area contributed by atoms with Gasteiger partial charge in [0.05, 0.1) is 13.2 Å². The van der Waals surface area contributed by atoms with Crippen molar-refractivity contribution in [3.8, 4) is 0 Å². The van der Waals surface area contributed by atoms with Gasteiger partial charge < -0.3 is 29.9 Å². The van der Waals surface area contributed by atoms with E-state index in [2.05, 4.69) is 10.2 Å². The molecule has 4 N–H and O–H groups in total. The van der Waals surface area contributed by atoms with Crippen LogP contribution in [0.15, 0.2) is 24.3 Å². The summed E-state index contributed by atoms with van der Waals surface area (Å²) in [5.74, 6) is 0.745. The highest BCUT2D eigenvalue weighted by Crippen LogP contribution is 2.35. The number of rotatable bonds is 5. The van der Waals surface area contributed by atoms with E-state index in [0.717, 1.165) is 27.8 Å². The monoisotopic (exact) mass is 440 g/mol. The summed E-state index contributed by atoms with van der Waals surface area (Å²) >= 11 is 7.77. The van der Waals surface area contributed by atoms with Gasteiger partial charge in [0.25, 0.3) is 0 Å². The fourth-order valence-corrected chi connectivity index (χ4v) is 4.48. The van der Waals surface area contributed by atoms with Crippen molar-refractivity contribution in [1.29, 1.82) is 0 Å². The number of nitrogens with zero attached hydrogens (tertiary/aromatic N) is 2. The highest BCUT2D eigenvalue weighted by molar-refractivity contribution is 7.12. The van der Waals surface area contributed by atoms with E-state index in [1.165, 1.54) is 11.3 Å². The summed E-state index contributed by atoms with van der Waals surface area (Å²) in [5, 5.41) is 50.1. The number of ether oxygens (including phenoxy) is 2. The molecule has 1 fully saturated rings. The Morgan fingerprint density at radius 3 is 2.69 bits per heavy atom. The molecule has 0 radical (unpaired) electrons. The second kappa shape index (κ2) is 8.65. The molecule has 29 heavy (non-hydrogen) atoms. The molecule has 0 aliphatic carbocycles. The average molecular weight is 441 g/mol. The van der Waals surface area contributed by atoms with E-state index in [4.69, 9.17) is 21.1 Å². The topological polar surface area (TPSA) is 125 Å². The summed E-state index contributed by atoms with van der Waals surface area (Å²) in [5.41, 5.74) is 1.33. The quantitative estimate of drug-likeness (QED) is 0.544. The molecule has 2 aliphatic heterocycles. The molecule has 156 valence electrons. The van der Waals surface area contributed by atoms with Crippen molar-refractivity contribution >= 4 is 28.7 Å². The third-order valence-electron chi connectivity index (χ3n) is 5.02. The zero-order valence-electron chi connectivity index (χ0n) is 15.3. The molecule has 0 bridgehead atoms. The second-order valence-corrected chi connectivity index (χ2v) is 8.45. The molecule has 2 aliphatic rings. The van der Waals surface area contributed by atoms with E-state index in [0.29, 0.717) is 23.6 Å². The van der Waals surface area contributed by atoms with Gasteiger partial charge >= 0.3 is 0 Å². The fraction of sp³-hybridized carbons (Fsp3) is 0.474. The second-order valence-electron chi connectivity index (χ2n) is 6.98. The molecule has 10 heteroatoms. The van der Waals surface area contributed by atoms with Crippen LogP contribution in [0.1, 0.15) is 33.7 Å². The molecule has 3 heterocycles. The third kappa shape index (κ3) is 4.17. The van der Waals surface area contributed by atoms with Crippen LogP contribution in [0.4, 0.5) is 0 Å². The van der Waals surface area contributed by atoms with Crippen LogP contribution in [-0.2, 0) is 15.9 Å². The first-order chi connectivity index (χ1) is 14.0. The summed E-state index contributed by atoms with van der Waals surface area (Å²) in [6.45, 7) is 0.171. The van der Waals surface area contributed by atoms with Crippen molar-refractivity contribution in [3.63, 3.8) is 0 Å². The summed E-state index contributed by atoms with van der Waals surface area (Å²) in [7, 11) is 0. The van der Waals surface area contributed by atoms with Crippen LogP contribution in [0.3, 0.4) is 0 Å². The maximum atomic E-state index is 10.4. The maximum absolute atomic E-state index is 10.4. The fourth-order valence-electron chi connectivity index (χ4n) is 3.44. The lowest BCUT2D eigenvalue weighted by Crippen LogP contribution is -2.55. The number of halogens is 1. The van der Waals surface area contributed by atoms with Gasteiger partial charge in [-0.2, -0.15) is 0 Å². The van der Waals surface area contributed by atoms with Crippen molar-refractivity contribution in [3.05, 3.63) is 50.4 Å². The first-order valence-corrected chi connectivity index (χ1v) is 10.4. The number of aliphatic hydroxyl groups excluding tert-OH is 4. The minimum absolute atomic E-state index is 0.426. The summed E-state index contributed by atoms with van der Waals surface area (Å²) < 4.78 is 11.1. The molecule has 0 saturated carbocycles. The Hall–Kier alpha value is -1.59. The highest BCUT2D eigenvalue weighted by atomic mass is 35.5. The van der Waals surface area contributed by atoms with Gasteiger partial charge in [-0.1, -0.05) is 35.1 Å². The molecule has 4 rings (SSSR count). The first-order valence-electron chi connectivity index (χ1n) is 9.22. The number of aliphatic hydroxyl groups is 4. The Morgan fingerprint density at radius 1 is 1.14 bits per heavy atom. The predicted octanol–water partition coefficient (Wildman–Crippen LogP) is 1.06. The third-order valence-corrected chi connectivity index (χ3v) is 6.32. The van der Waals surface area contributed by atoms with Gasteiger partial charge in [-0.05, 0) is 23.3 Å². The molecule has 8 nitrogen and oxygen atoms in total. The van der Waals surface area contributed by atoms with Gasteiger partial charge in [0.2, 0.25) is 0 Å². The number of hydrogen-bond acceptors (Lipinski definition) is 9. The molecule has 2 aromatic rings. The van der Waals surface area contributed by atoms with Crippen LogP contribution >= 0.6 is 22.9 Å². The van der Waals surface area contributed by atoms with Crippen LogP contribution in [0.2, 0.25) is 5.02 Å². The Morgan fingerprint density at radius 2 is 1.97 bits per heavy atom. The number of aromatic nitrogens is 2. The van der Waals surface area contributed by atoms with E-state index in [1.807, 2.05) is 6.08 Å². The maximum Gasteiger partial charge on any atom is 0.182 e. The zero-order valence-corrected chi connectivity index (χ0v) is 16.9. The Bertz CT molecular complexity index is 905. The van der Waals surface area contributed by atoms with Crippen LogP contribution in [0, 0.1) is 0 Å². The van der Waals surface area contributed by atoms with E-state index < -0.39 is 37.1 Å². The molecule has 5 atom stereocenters. The lowest BCUT2D eigenvalue weighted by atomic mass is 9.90. The van der Waals surface area contributed by atoms with E-state index in [-0.39, 0.29) is 0 Å². The van der Waals surface area contributed by atoms with Gasteiger partial charge in [-0.15, -0.1) is 10.2 Å². The predicted molar refractivity (Wildman–Crippen MR) is 105 cm³/mol. The van der Waals surface area contributed by atoms with Crippen molar-refractivity contribution < 1.29 is 29.9 Å². The number of benzene rings is 1.